The van der Waals surface area contributed by atoms with Crippen LogP contribution in [0.5, 0.6) is 0 Å². The lowest BCUT2D eigenvalue weighted by Crippen LogP contribution is -2.40. The molecule has 0 bridgehead atoms. The first-order chi connectivity index (χ1) is 10.2. The molecule has 114 valence electrons. The molecule has 3 nitrogen and oxygen atoms in total. The van der Waals surface area contributed by atoms with E-state index in [1.165, 1.54) is 36.8 Å². The van der Waals surface area contributed by atoms with Crippen LogP contribution in [0.4, 0.5) is 0 Å². The second kappa shape index (κ2) is 6.61. The lowest BCUT2D eigenvalue weighted by molar-refractivity contribution is -0.121. The first kappa shape index (κ1) is 14.6. The normalized spacial score (nSPS) is 24.4. The minimum Gasteiger partial charge on any atom is -0.353 e. The van der Waals surface area contributed by atoms with Gasteiger partial charge in [-0.3, -0.25) is 4.79 Å². The Balaban J connectivity index is 1.27. The topological polar surface area (TPSA) is 41.1 Å². The summed E-state index contributed by atoms with van der Waals surface area (Å²) in [5.41, 5.74) is 2.84. The fourth-order valence-electron chi connectivity index (χ4n) is 3.06. The fourth-order valence-corrected chi connectivity index (χ4v) is 3.06. The third kappa shape index (κ3) is 4.31. The van der Waals surface area contributed by atoms with Crippen LogP contribution in [0.2, 0.25) is 0 Å². The van der Waals surface area contributed by atoms with E-state index in [2.05, 4.69) is 41.8 Å². The Bertz CT molecular complexity index is 490. The molecule has 0 aromatic heterocycles. The Hall–Kier alpha value is -1.35. The zero-order valence-corrected chi connectivity index (χ0v) is 12.9. The van der Waals surface area contributed by atoms with E-state index in [0.29, 0.717) is 18.5 Å². The van der Waals surface area contributed by atoms with Gasteiger partial charge in [0.15, 0.2) is 0 Å². The second-order valence-electron chi connectivity index (χ2n) is 6.68. The molecule has 3 rings (SSSR count). The molecule has 0 saturated heterocycles. The van der Waals surface area contributed by atoms with E-state index in [4.69, 9.17) is 0 Å². The van der Waals surface area contributed by atoms with Crippen molar-refractivity contribution in [2.75, 3.05) is 6.54 Å². The molecule has 2 aliphatic carbocycles. The highest BCUT2D eigenvalue weighted by Gasteiger charge is 2.29. The quantitative estimate of drug-likeness (QED) is 0.757. The summed E-state index contributed by atoms with van der Waals surface area (Å²) >= 11 is 0. The Kier molecular flexibility index (Phi) is 4.59. The summed E-state index contributed by atoms with van der Waals surface area (Å²) in [7, 11) is 0. The van der Waals surface area contributed by atoms with Crippen molar-refractivity contribution in [2.45, 2.75) is 63.5 Å². The number of nitrogens with one attached hydrogen (secondary N) is 2. The number of carbonyl (C=O) groups is 1. The van der Waals surface area contributed by atoms with Crippen LogP contribution < -0.4 is 10.6 Å². The van der Waals surface area contributed by atoms with Crippen LogP contribution in [-0.4, -0.2) is 24.5 Å². The lowest BCUT2D eigenvalue weighted by atomic mass is 9.75. The summed E-state index contributed by atoms with van der Waals surface area (Å²) in [4.78, 5) is 11.6. The minimum atomic E-state index is 0.227. The van der Waals surface area contributed by atoms with E-state index in [0.717, 1.165) is 18.9 Å². The standard InChI is InChI=1S/C18H26N2O/c1-13-4-2-5-14(10-13)15-11-17(12-15)19-9-3-6-18(21)20-16-7-8-16/h2,4-5,10,15-17,19H,3,6-9,11-12H2,1H3,(H,20,21). The van der Waals surface area contributed by atoms with Crippen molar-refractivity contribution in [3.63, 3.8) is 0 Å². The molecule has 1 aromatic rings. The predicted octanol–water partition coefficient (Wildman–Crippen LogP) is 2.89. The number of aryl methyl sites for hydroxylation is 1. The lowest BCUT2D eigenvalue weighted by Gasteiger charge is -2.36. The molecule has 0 spiro atoms. The van der Waals surface area contributed by atoms with E-state index in [9.17, 15) is 4.79 Å². The van der Waals surface area contributed by atoms with Crippen LogP contribution >= 0.6 is 0 Å². The van der Waals surface area contributed by atoms with E-state index in [-0.39, 0.29) is 5.91 Å². The molecule has 3 heteroatoms. The van der Waals surface area contributed by atoms with Gasteiger partial charge in [0.25, 0.3) is 0 Å². The highest BCUT2D eigenvalue weighted by molar-refractivity contribution is 5.76. The third-order valence-electron chi connectivity index (χ3n) is 4.61. The van der Waals surface area contributed by atoms with Crippen LogP contribution in [0.1, 0.15) is 55.6 Å². The van der Waals surface area contributed by atoms with E-state index in [1.807, 2.05) is 0 Å². The maximum Gasteiger partial charge on any atom is 0.220 e. The van der Waals surface area contributed by atoms with Gasteiger partial charge >= 0.3 is 0 Å². The molecule has 1 amide bonds. The molecule has 0 radical (unpaired) electrons. The number of hydrogen-bond donors (Lipinski definition) is 2. The van der Waals surface area contributed by atoms with Gasteiger partial charge in [0.05, 0.1) is 0 Å². The molecule has 0 atom stereocenters. The maximum atomic E-state index is 11.6. The summed E-state index contributed by atoms with van der Waals surface area (Å²) in [6.45, 7) is 3.12. The molecular weight excluding hydrogens is 260 g/mol. The first-order valence-corrected chi connectivity index (χ1v) is 8.30. The second-order valence-corrected chi connectivity index (χ2v) is 6.68. The van der Waals surface area contributed by atoms with Crippen LogP contribution in [0.25, 0.3) is 0 Å². The molecule has 0 aliphatic heterocycles. The van der Waals surface area contributed by atoms with Crippen LogP contribution in [0.15, 0.2) is 24.3 Å². The van der Waals surface area contributed by atoms with E-state index >= 15 is 0 Å². The van der Waals surface area contributed by atoms with Gasteiger partial charge in [-0.25, -0.2) is 0 Å². The number of hydrogen-bond acceptors (Lipinski definition) is 2. The largest absolute Gasteiger partial charge is 0.353 e. The number of benzene rings is 1. The molecule has 2 saturated carbocycles. The van der Waals surface area contributed by atoms with Crippen molar-refractivity contribution in [3.05, 3.63) is 35.4 Å². The average Bonchev–Trinajstić information content (AvgIpc) is 3.20. The summed E-state index contributed by atoms with van der Waals surface area (Å²) in [6.07, 6.45) is 6.43. The molecule has 1 aromatic carbocycles. The van der Waals surface area contributed by atoms with Gasteiger partial charge in [0, 0.05) is 18.5 Å². The van der Waals surface area contributed by atoms with Gasteiger partial charge < -0.3 is 10.6 Å². The van der Waals surface area contributed by atoms with Crippen LogP contribution in [0, 0.1) is 6.92 Å². The predicted molar refractivity (Wildman–Crippen MR) is 85.3 cm³/mol. The van der Waals surface area contributed by atoms with Gasteiger partial charge in [-0.1, -0.05) is 29.8 Å². The fraction of sp³-hybridized carbons (Fsp3) is 0.611. The maximum absolute atomic E-state index is 11.6. The van der Waals surface area contributed by atoms with Crippen LogP contribution in [-0.2, 0) is 4.79 Å². The molecule has 2 N–H and O–H groups in total. The highest BCUT2D eigenvalue weighted by atomic mass is 16.1. The number of carbonyl (C=O) groups excluding carboxylic acids is 1. The van der Waals surface area contributed by atoms with Gasteiger partial charge in [-0.05, 0) is 57.1 Å². The summed E-state index contributed by atoms with van der Waals surface area (Å²) in [6, 6.07) is 10.0. The van der Waals surface area contributed by atoms with Crippen molar-refractivity contribution < 1.29 is 4.79 Å². The van der Waals surface area contributed by atoms with Crippen molar-refractivity contribution in [3.8, 4) is 0 Å². The molecule has 2 aliphatic rings. The summed E-state index contributed by atoms with van der Waals surface area (Å²) < 4.78 is 0. The van der Waals surface area contributed by atoms with Gasteiger partial charge in [0.2, 0.25) is 5.91 Å². The molecule has 0 heterocycles. The zero-order valence-electron chi connectivity index (χ0n) is 12.9. The van der Waals surface area contributed by atoms with Crippen molar-refractivity contribution in [2.24, 2.45) is 0 Å². The smallest absolute Gasteiger partial charge is 0.220 e. The first-order valence-electron chi connectivity index (χ1n) is 8.30. The SMILES string of the molecule is Cc1cccc(C2CC(NCCCC(=O)NC3CC3)C2)c1. The Morgan fingerprint density at radius 1 is 1.24 bits per heavy atom. The highest BCUT2D eigenvalue weighted by Crippen LogP contribution is 2.37. The Morgan fingerprint density at radius 2 is 2.05 bits per heavy atom. The monoisotopic (exact) mass is 286 g/mol. The number of rotatable bonds is 7. The Labute approximate surface area is 127 Å². The van der Waals surface area contributed by atoms with Gasteiger partial charge in [-0.15, -0.1) is 0 Å². The summed E-state index contributed by atoms with van der Waals surface area (Å²) in [5, 5.41) is 6.61. The molecule has 0 unspecified atom stereocenters. The molecule has 2 fully saturated rings. The van der Waals surface area contributed by atoms with Crippen molar-refractivity contribution in [1.82, 2.24) is 10.6 Å². The van der Waals surface area contributed by atoms with Crippen molar-refractivity contribution >= 4 is 5.91 Å². The molecular formula is C18H26N2O. The summed E-state index contributed by atoms with van der Waals surface area (Å²) in [5.74, 6) is 0.950. The average molecular weight is 286 g/mol. The Morgan fingerprint density at radius 3 is 2.76 bits per heavy atom. The van der Waals surface area contributed by atoms with Gasteiger partial charge in [-0.2, -0.15) is 0 Å². The van der Waals surface area contributed by atoms with E-state index in [1.54, 1.807) is 0 Å². The van der Waals surface area contributed by atoms with Crippen molar-refractivity contribution in [1.29, 1.82) is 0 Å². The third-order valence-corrected chi connectivity index (χ3v) is 4.61. The number of amides is 1. The minimum absolute atomic E-state index is 0.227. The van der Waals surface area contributed by atoms with Crippen LogP contribution in [0.3, 0.4) is 0 Å². The zero-order chi connectivity index (χ0) is 14.7. The molecule has 21 heavy (non-hydrogen) atoms. The van der Waals surface area contributed by atoms with E-state index < -0.39 is 0 Å². The van der Waals surface area contributed by atoms with Gasteiger partial charge in [0.1, 0.15) is 0 Å².